The molecule has 78 valence electrons. The largest absolute Gasteiger partial charge is 0.276 e. The van der Waals surface area contributed by atoms with Crippen molar-refractivity contribution in [3.8, 4) is 11.4 Å². The van der Waals surface area contributed by atoms with Crippen LogP contribution < -0.4 is 0 Å². The molecule has 1 N–H and O–H groups in total. The third kappa shape index (κ3) is 1.49. The molecule has 16 heavy (non-hydrogen) atoms. The number of fused-ring (bicyclic) bond motifs is 1. The molecule has 2 heterocycles. The van der Waals surface area contributed by atoms with Gasteiger partial charge in [0.2, 0.25) is 0 Å². The Kier molecular flexibility index (Phi) is 2.18. The summed E-state index contributed by atoms with van der Waals surface area (Å²) in [6.45, 7) is 0. The average molecular weight is 275 g/mol. The maximum Gasteiger partial charge on any atom is 0.116 e. The van der Waals surface area contributed by atoms with Gasteiger partial charge in [0.05, 0.1) is 16.9 Å². The van der Waals surface area contributed by atoms with Crippen LogP contribution in [0.5, 0.6) is 0 Å². The van der Waals surface area contributed by atoms with Gasteiger partial charge in [0.1, 0.15) is 6.33 Å². The standard InChI is InChI=1S/C11H7BrN4/c12-7-1-2-8-10(5-7)13-6-14-11(8)9-3-4-15-16-9/h1-6H,(H,15,16). The molecule has 0 amide bonds. The van der Waals surface area contributed by atoms with Crippen molar-refractivity contribution in [1.29, 1.82) is 0 Å². The molecule has 3 rings (SSSR count). The van der Waals surface area contributed by atoms with Crippen LogP contribution >= 0.6 is 15.9 Å². The van der Waals surface area contributed by atoms with Crippen molar-refractivity contribution in [2.75, 3.05) is 0 Å². The summed E-state index contributed by atoms with van der Waals surface area (Å²) in [5.74, 6) is 0. The lowest BCUT2D eigenvalue weighted by molar-refractivity contribution is 1.08. The minimum absolute atomic E-state index is 0.870. The molecule has 0 aliphatic heterocycles. The number of rotatable bonds is 1. The maximum absolute atomic E-state index is 4.28. The first-order chi connectivity index (χ1) is 7.84. The van der Waals surface area contributed by atoms with Crippen LogP contribution in [0.25, 0.3) is 22.3 Å². The Bertz CT molecular complexity index is 634. The van der Waals surface area contributed by atoms with Crippen LogP contribution in [0.15, 0.2) is 41.3 Å². The number of hydrogen-bond acceptors (Lipinski definition) is 3. The van der Waals surface area contributed by atoms with E-state index in [1.54, 1.807) is 12.5 Å². The zero-order valence-corrected chi connectivity index (χ0v) is 9.77. The quantitative estimate of drug-likeness (QED) is 0.743. The molecule has 0 aliphatic carbocycles. The molecule has 0 radical (unpaired) electrons. The summed E-state index contributed by atoms with van der Waals surface area (Å²) in [4.78, 5) is 8.52. The van der Waals surface area contributed by atoms with Gasteiger partial charge in [-0.05, 0) is 24.3 Å². The van der Waals surface area contributed by atoms with E-state index in [9.17, 15) is 0 Å². The smallest absolute Gasteiger partial charge is 0.116 e. The molecule has 1 aromatic carbocycles. The summed E-state index contributed by atoms with van der Waals surface area (Å²) in [7, 11) is 0. The van der Waals surface area contributed by atoms with Crippen LogP contribution in [-0.4, -0.2) is 20.2 Å². The third-order valence-electron chi connectivity index (χ3n) is 2.35. The van der Waals surface area contributed by atoms with Gasteiger partial charge in [-0.15, -0.1) is 0 Å². The lowest BCUT2D eigenvalue weighted by Gasteiger charge is -2.02. The molecule has 0 aliphatic rings. The lowest BCUT2D eigenvalue weighted by Crippen LogP contribution is -1.89. The molecule has 0 saturated heterocycles. The molecule has 0 spiro atoms. The first-order valence-electron chi connectivity index (χ1n) is 4.74. The van der Waals surface area contributed by atoms with E-state index < -0.39 is 0 Å². The van der Waals surface area contributed by atoms with Crippen LogP contribution in [0.2, 0.25) is 0 Å². The summed E-state index contributed by atoms with van der Waals surface area (Å²) in [5, 5.41) is 7.85. The fraction of sp³-hybridized carbons (Fsp3) is 0. The fourth-order valence-electron chi connectivity index (χ4n) is 1.63. The van der Waals surface area contributed by atoms with Crippen molar-refractivity contribution in [3.63, 3.8) is 0 Å². The van der Waals surface area contributed by atoms with E-state index in [1.807, 2.05) is 24.3 Å². The van der Waals surface area contributed by atoms with Crippen LogP contribution in [0.3, 0.4) is 0 Å². The average Bonchev–Trinajstić information content (AvgIpc) is 2.81. The van der Waals surface area contributed by atoms with Crippen LogP contribution in [0.1, 0.15) is 0 Å². The van der Waals surface area contributed by atoms with Gasteiger partial charge in [0, 0.05) is 16.1 Å². The van der Waals surface area contributed by atoms with Crippen molar-refractivity contribution in [1.82, 2.24) is 20.2 Å². The second-order valence-corrected chi connectivity index (χ2v) is 4.27. The maximum atomic E-state index is 4.28. The number of halogens is 1. The molecule has 0 atom stereocenters. The fourth-order valence-corrected chi connectivity index (χ4v) is 1.98. The summed E-state index contributed by atoms with van der Waals surface area (Å²) in [6, 6.07) is 7.84. The van der Waals surface area contributed by atoms with Gasteiger partial charge >= 0.3 is 0 Å². The zero-order valence-electron chi connectivity index (χ0n) is 8.18. The van der Waals surface area contributed by atoms with E-state index in [1.165, 1.54) is 0 Å². The Morgan fingerprint density at radius 3 is 2.88 bits per heavy atom. The van der Waals surface area contributed by atoms with Gasteiger partial charge in [0.15, 0.2) is 0 Å². The highest BCUT2D eigenvalue weighted by Gasteiger charge is 2.07. The molecule has 2 aromatic heterocycles. The predicted molar refractivity (Wildman–Crippen MR) is 64.8 cm³/mol. The SMILES string of the molecule is Brc1ccc2c(-c3ccn[nH]3)ncnc2c1. The van der Waals surface area contributed by atoms with Crippen molar-refractivity contribution >= 4 is 26.8 Å². The molecule has 3 aromatic rings. The van der Waals surface area contributed by atoms with Gasteiger partial charge in [-0.1, -0.05) is 15.9 Å². The second-order valence-electron chi connectivity index (χ2n) is 3.35. The van der Waals surface area contributed by atoms with E-state index in [0.717, 1.165) is 26.8 Å². The van der Waals surface area contributed by atoms with Crippen LogP contribution in [-0.2, 0) is 0 Å². The van der Waals surface area contributed by atoms with E-state index in [-0.39, 0.29) is 0 Å². The van der Waals surface area contributed by atoms with Gasteiger partial charge in [0.25, 0.3) is 0 Å². The summed E-state index contributed by atoms with van der Waals surface area (Å²) < 4.78 is 1.01. The van der Waals surface area contributed by atoms with Crippen LogP contribution in [0, 0.1) is 0 Å². The number of benzene rings is 1. The zero-order chi connectivity index (χ0) is 11.0. The molecule has 4 nitrogen and oxygen atoms in total. The van der Waals surface area contributed by atoms with Crippen molar-refractivity contribution in [3.05, 3.63) is 41.3 Å². The van der Waals surface area contributed by atoms with Gasteiger partial charge in [-0.25, -0.2) is 9.97 Å². The number of aromatic amines is 1. The second kappa shape index (κ2) is 3.68. The van der Waals surface area contributed by atoms with Gasteiger partial charge < -0.3 is 0 Å². The third-order valence-corrected chi connectivity index (χ3v) is 2.85. The number of nitrogens with zero attached hydrogens (tertiary/aromatic N) is 3. The first-order valence-corrected chi connectivity index (χ1v) is 5.54. The summed E-state index contributed by atoms with van der Waals surface area (Å²) in [6.07, 6.45) is 3.27. The number of H-pyrrole nitrogens is 1. The monoisotopic (exact) mass is 274 g/mol. The molecular formula is C11H7BrN4. The highest BCUT2D eigenvalue weighted by molar-refractivity contribution is 9.10. The number of hydrogen-bond donors (Lipinski definition) is 1. The molecule has 0 saturated carbocycles. The Labute approximate surface area is 99.9 Å². The highest BCUT2D eigenvalue weighted by atomic mass is 79.9. The van der Waals surface area contributed by atoms with Crippen molar-refractivity contribution in [2.45, 2.75) is 0 Å². The molecule has 0 fully saturated rings. The Hall–Kier alpha value is -1.75. The molecular weight excluding hydrogens is 268 g/mol. The topological polar surface area (TPSA) is 54.5 Å². The van der Waals surface area contributed by atoms with Crippen molar-refractivity contribution < 1.29 is 0 Å². The molecule has 5 heteroatoms. The number of nitrogens with one attached hydrogen (secondary N) is 1. The van der Waals surface area contributed by atoms with E-state index in [4.69, 9.17) is 0 Å². The molecule has 0 unspecified atom stereocenters. The normalized spacial score (nSPS) is 10.8. The summed E-state index contributed by atoms with van der Waals surface area (Å²) >= 11 is 3.43. The Morgan fingerprint density at radius 1 is 1.12 bits per heavy atom. The van der Waals surface area contributed by atoms with Gasteiger partial charge in [-0.3, -0.25) is 5.10 Å². The lowest BCUT2D eigenvalue weighted by atomic mass is 10.1. The van der Waals surface area contributed by atoms with Gasteiger partial charge in [-0.2, -0.15) is 5.10 Å². The van der Waals surface area contributed by atoms with Crippen LogP contribution in [0.4, 0.5) is 0 Å². The minimum atomic E-state index is 0.870. The molecule has 0 bridgehead atoms. The number of aromatic nitrogens is 4. The van der Waals surface area contributed by atoms with Crippen molar-refractivity contribution in [2.24, 2.45) is 0 Å². The summed E-state index contributed by atoms with van der Waals surface area (Å²) in [5.41, 5.74) is 2.68. The van der Waals surface area contributed by atoms with E-state index in [0.29, 0.717) is 0 Å². The first kappa shape index (κ1) is 9.47. The highest BCUT2D eigenvalue weighted by Crippen LogP contribution is 2.25. The predicted octanol–water partition coefficient (Wildman–Crippen LogP) is 2.78. The minimum Gasteiger partial charge on any atom is -0.276 e. The van der Waals surface area contributed by atoms with E-state index in [2.05, 4.69) is 36.1 Å². The Morgan fingerprint density at radius 2 is 2.06 bits per heavy atom. The van der Waals surface area contributed by atoms with E-state index >= 15 is 0 Å². The Balaban J connectivity index is 2.34.